The van der Waals surface area contributed by atoms with Gasteiger partial charge in [0.15, 0.2) is 0 Å². The van der Waals surface area contributed by atoms with E-state index in [1.165, 1.54) is 6.33 Å². The summed E-state index contributed by atoms with van der Waals surface area (Å²) in [6, 6.07) is 3.16. The molecule has 1 amide bonds. The van der Waals surface area contributed by atoms with Gasteiger partial charge in [0, 0.05) is 6.20 Å². The van der Waals surface area contributed by atoms with E-state index < -0.39 is 0 Å². The summed E-state index contributed by atoms with van der Waals surface area (Å²) in [5.74, 6) is 0.396. The van der Waals surface area contributed by atoms with Crippen molar-refractivity contribution in [3.05, 3.63) is 40.6 Å². The lowest BCUT2D eigenvalue weighted by atomic mass is 10.2. The summed E-state index contributed by atoms with van der Waals surface area (Å²) in [6.07, 6.45) is 3.01. The van der Waals surface area contributed by atoms with Crippen molar-refractivity contribution in [2.45, 2.75) is 13.0 Å². The van der Waals surface area contributed by atoms with Gasteiger partial charge in [-0.2, -0.15) is 5.10 Å². The second-order valence-corrected chi connectivity index (χ2v) is 4.16. The van der Waals surface area contributed by atoms with Crippen LogP contribution in [0, 0.1) is 0 Å². The first kappa shape index (κ1) is 11.7. The lowest BCUT2D eigenvalue weighted by Gasteiger charge is -2.11. The predicted molar refractivity (Wildman–Crippen MR) is 64.2 cm³/mol. The van der Waals surface area contributed by atoms with Crippen molar-refractivity contribution in [1.29, 1.82) is 0 Å². The highest BCUT2D eigenvalue weighted by Gasteiger charge is 2.15. The molecule has 0 bridgehead atoms. The number of rotatable bonds is 3. The SMILES string of the molecule is CC(NC(=O)c1cccnc1Br)c1ncn[nH]1. The molecule has 0 aliphatic carbocycles. The topological polar surface area (TPSA) is 83.6 Å². The molecular formula is C10H10BrN5O. The second-order valence-electron chi connectivity index (χ2n) is 3.41. The number of hydrogen-bond acceptors (Lipinski definition) is 4. The minimum absolute atomic E-state index is 0.214. The molecule has 7 heteroatoms. The van der Waals surface area contributed by atoms with Gasteiger partial charge in [0.05, 0.1) is 11.6 Å². The van der Waals surface area contributed by atoms with Crippen LogP contribution < -0.4 is 5.32 Å². The van der Waals surface area contributed by atoms with E-state index in [9.17, 15) is 4.79 Å². The number of aromatic nitrogens is 4. The first-order valence-electron chi connectivity index (χ1n) is 4.95. The number of nitrogens with zero attached hydrogens (tertiary/aromatic N) is 3. The molecule has 0 spiro atoms. The van der Waals surface area contributed by atoms with Gasteiger partial charge in [-0.1, -0.05) is 0 Å². The average Bonchev–Trinajstić information content (AvgIpc) is 2.82. The van der Waals surface area contributed by atoms with Crippen LogP contribution in [-0.2, 0) is 0 Å². The molecule has 0 aromatic carbocycles. The zero-order valence-electron chi connectivity index (χ0n) is 9.01. The number of halogens is 1. The first-order valence-corrected chi connectivity index (χ1v) is 5.74. The molecule has 1 unspecified atom stereocenters. The summed E-state index contributed by atoms with van der Waals surface area (Å²) in [5, 5.41) is 9.23. The van der Waals surface area contributed by atoms with E-state index in [1.54, 1.807) is 18.3 Å². The Labute approximate surface area is 106 Å². The van der Waals surface area contributed by atoms with Gasteiger partial charge in [-0.05, 0) is 35.0 Å². The van der Waals surface area contributed by atoms with Gasteiger partial charge >= 0.3 is 0 Å². The monoisotopic (exact) mass is 295 g/mol. The minimum atomic E-state index is -0.239. The Balaban J connectivity index is 2.10. The summed E-state index contributed by atoms with van der Waals surface area (Å²) >= 11 is 3.23. The third kappa shape index (κ3) is 2.68. The third-order valence-corrected chi connectivity index (χ3v) is 2.83. The van der Waals surface area contributed by atoms with E-state index >= 15 is 0 Å². The standard InChI is InChI=1S/C10H10BrN5O/c1-6(9-13-5-14-16-9)15-10(17)7-3-2-4-12-8(7)11/h2-6H,1H3,(H,15,17)(H,13,14,16). The van der Waals surface area contributed by atoms with E-state index in [0.717, 1.165) is 0 Å². The van der Waals surface area contributed by atoms with Crippen LogP contribution in [0.1, 0.15) is 29.1 Å². The number of aromatic amines is 1. The highest BCUT2D eigenvalue weighted by Crippen LogP contribution is 2.14. The van der Waals surface area contributed by atoms with Crippen molar-refractivity contribution in [3.63, 3.8) is 0 Å². The largest absolute Gasteiger partial charge is 0.342 e. The zero-order valence-corrected chi connectivity index (χ0v) is 10.6. The molecule has 0 fully saturated rings. The fourth-order valence-electron chi connectivity index (χ4n) is 1.32. The van der Waals surface area contributed by atoms with Gasteiger partial charge in [-0.15, -0.1) is 0 Å². The van der Waals surface area contributed by atoms with Crippen molar-refractivity contribution in [2.24, 2.45) is 0 Å². The normalized spacial score (nSPS) is 12.1. The quantitative estimate of drug-likeness (QED) is 0.840. The van der Waals surface area contributed by atoms with Gasteiger partial charge in [-0.25, -0.2) is 9.97 Å². The Bertz CT molecular complexity index is 513. The summed E-state index contributed by atoms with van der Waals surface area (Å²) in [5.41, 5.74) is 0.485. The molecule has 0 saturated heterocycles. The number of amides is 1. The summed E-state index contributed by atoms with van der Waals surface area (Å²) in [4.78, 5) is 19.9. The maximum Gasteiger partial charge on any atom is 0.254 e. The molecule has 2 aromatic heterocycles. The Morgan fingerprint density at radius 1 is 1.53 bits per heavy atom. The van der Waals surface area contributed by atoms with E-state index in [1.807, 2.05) is 6.92 Å². The highest BCUT2D eigenvalue weighted by atomic mass is 79.9. The number of nitrogens with one attached hydrogen (secondary N) is 2. The van der Waals surface area contributed by atoms with Crippen molar-refractivity contribution >= 4 is 21.8 Å². The molecule has 2 heterocycles. The van der Waals surface area contributed by atoms with Crippen LogP contribution >= 0.6 is 15.9 Å². The highest BCUT2D eigenvalue weighted by molar-refractivity contribution is 9.10. The minimum Gasteiger partial charge on any atom is -0.342 e. The van der Waals surface area contributed by atoms with Crippen LogP contribution in [0.25, 0.3) is 0 Å². The van der Waals surface area contributed by atoms with Gasteiger partial charge in [0.1, 0.15) is 16.8 Å². The molecule has 1 atom stereocenters. The van der Waals surface area contributed by atoms with Crippen molar-refractivity contribution in [1.82, 2.24) is 25.5 Å². The van der Waals surface area contributed by atoms with E-state index in [2.05, 4.69) is 41.4 Å². The Kier molecular flexibility index (Phi) is 3.48. The zero-order chi connectivity index (χ0) is 12.3. The average molecular weight is 296 g/mol. The molecule has 0 aliphatic heterocycles. The van der Waals surface area contributed by atoms with Crippen LogP contribution in [0.4, 0.5) is 0 Å². The molecular weight excluding hydrogens is 286 g/mol. The molecule has 6 nitrogen and oxygen atoms in total. The van der Waals surface area contributed by atoms with Crippen LogP contribution in [0.5, 0.6) is 0 Å². The molecule has 0 aliphatic rings. The van der Waals surface area contributed by atoms with Crippen LogP contribution in [-0.4, -0.2) is 26.1 Å². The number of pyridine rings is 1. The number of hydrogen-bond donors (Lipinski definition) is 2. The van der Waals surface area contributed by atoms with E-state index in [4.69, 9.17) is 0 Å². The van der Waals surface area contributed by atoms with Crippen LogP contribution in [0.15, 0.2) is 29.3 Å². The van der Waals surface area contributed by atoms with E-state index in [-0.39, 0.29) is 11.9 Å². The second kappa shape index (κ2) is 5.05. The van der Waals surface area contributed by atoms with Crippen molar-refractivity contribution in [2.75, 3.05) is 0 Å². The van der Waals surface area contributed by atoms with Crippen LogP contribution in [0.3, 0.4) is 0 Å². The van der Waals surface area contributed by atoms with Crippen molar-refractivity contribution in [3.8, 4) is 0 Å². The smallest absolute Gasteiger partial charge is 0.254 e. The molecule has 2 N–H and O–H groups in total. The Hall–Kier alpha value is -1.76. The Morgan fingerprint density at radius 3 is 3.00 bits per heavy atom. The third-order valence-electron chi connectivity index (χ3n) is 2.20. The van der Waals surface area contributed by atoms with E-state index in [0.29, 0.717) is 16.0 Å². The number of H-pyrrole nitrogens is 1. The van der Waals surface area contributed by atoms with Crippen molar-refractivity contribution < 1.29 is 4.79 Å². The molecule has 0 saturated carbocycles. The maximum atomic E-state index is 11.9. The maximum absolute atomic E-state index is 11.9. The number of carbonyl (C=O) groups is 1. The fourth-order valence-corrected chi connectivity index (χ4v) is 1.75. The van der Waals surface area contributed by atoms with Gasteiger partial charge in [0.2, 0.25) is 0 Å². The number of carbonyl (C=O) groups excluding carboxylic acids is 1. The van der Waals surface area contributed by atoms with Gasteiger partial charge in [-0.3, -0.25) is 9.89 Å². The van der Waals surface area contributed by atoms with Gasteiger partial charge in [0.25, 0.3) is 5.91 Å². The van der Waals surface area contributed by atoms with Crippen LogP contribution in [0.2, 0.25) is 0 Å². The lowest BCUT2D eigenvalue weighted by molar-refractivity contribution is 0.0937. The molecule has 88 valence electrons. The predicted octanol–water partition coefficient (Wildman–Crippen LogP) is 1.45. The first-order chi connectivity index (χ1) is 8.18. The summed E-state index contributed by atoms with van der Waals surface area (Å²) in [7, 11) is 0. The Morgan fingerprint density at radius 2 is 2.35 bits per heavy atom. The molecule has 0 radical (unpaired) electrons. The molecule has 2 rings (SSSR count). The molecule has 2 aromatic rings. The molecule has 17 heavy (non-hydrogen) atoms. The summed E-state index contributed by atoms with van der Waals surface area (Å²) < 4.78 is 0.516. The van der Waals surface area contributed by atoms with Gasteiger partial charge < -0.3 is 5.32 Å². The lowest BCUT2D eigenvalue weighted by Crippen LogP contribution is -2.27. The summed E-state index contributed by atoms with van der Waals surface area (Å²) in [6.45, 7) is 1.82. The fraction of sp³-hybridized carbons (Fsp3) is 0.200.